The fourth-order valence-electron chi connectivity index (χ4n) is 4.06. The third kappa shape index (κ3) is 2.71. The maximum Gasteiger partial charge on any atom is 0.241 e. The lowest BCUT2D eigenvalue weighted by atomic mass is 9.86. The highest BCUT2D eigenvalue weighted by Crippen LogP contribution is 2.42. The smallest absolute Gasteiger partial charge is 0.241 e. The minimum Gasteiger partial charge on any atom is -0.323 e. The van der Waals surface area contributed by atoms with Gasteiger partial charge in [0.15, 0.2) is 0 Å². The van der Waals surface area contributed by atoms with Crippen molar-refractivity contribution in [3.63, 3.8) is 0 Å². The van der Waals surface area contributed by atoms with Gasteiger partial charge >= 0.3 is 0 Å². The van der Waals surface area contributed by atoms with Crippen molar-refractivity contribution in [3.8, 4) is 0 Å². The molecule has 1 saturated heterocycles. The first-order valence-electron chi connectivity index (χ1n) is 8.11. The molecule has 3 heteroatoms. The number of amides is 1. The topological polar surface area (TPSA) is 32.3 Å². The van der Waals surface area contributed by atoms with Crippen LogP contribution in [0.1, 0.15) is 45.6 Å². The second-order valence-corrected chi connectivity index (χ2v) is 7.23. The number of nitrogens with zero attached hydrogens (tertiary/aromatic N) is 1. The Labute approximate surface area is 127 Å². The van der Waals surface area contributed by atoms with Crippen molar-refractivity contribution in [2.45, 2.75) is 64.7 Å². The summed E-state index contributed by atoms with van der Waals surface area (Å²) in [6.07, 6.45) is 4.53. The van der Waals surface area contributed by atoms with E-state index in [2.05, 4.69) is 43.1 Å². The van der Waals surface area contributed by atoms with Gasteiger partial charge in [0.05, 0.1) is 12.2 Å². The average molecular weight is 286 g/mol. The summed E-state index contributed by atoms with van der Waals surface area (Å²) in [4.78, 5) is 15.0. The number of carbonyl (C=O) groups excluding carboxylic acids is 1. The van der Waals surface area contributed by atoms with E-state index in [1.54, 1.807) is 0 Å². The van der Waals surface area contributed by atoms with Gasteiger partial charge in [-0.1, -0.05) is 50.6 Å². The number of carbonyl (C=O) groups is 1. The van der Waals surface area contributed by atoms with E-state index in [1.165, 1.54) is 18.4 Å². The lowest BCUT2D eigenvalue weighted by Crippen LogP contribution is -2.47. The molecule has 1 aliphatic carbocycles. The third-order valence-corrected chi connectivity index (χ3v) is 5.23. The van der Waals surface area contributed by atoms with Crippen LogP contribution in [-0.4, -0.2) is 29.1 Å². The molecule has 0 aromatic heterocycles. The summed E-state index contributed by atoms with van der Waals surface area (Å²) in [5.74, 6) is 0.284. The lowest BCUT2D eigenvalue weighted by molar-refractivity contribution is -0.133. The first-order valence-corrected chi connectivity index (χ1v) is 8.11. The second-order valence-electron chi connectivity index (χ2n) is 7.23. The van der Waals surface area contributed by atoms with Crippen LogP contribution in [0.4, 0.5) is 0 Å². The molecule has 3 atom stereocenters. The highest BCUT2D eigenvalue weighted by Gasteiger charge is 2.47. The van der Waals surface area contributed by atoms with Gasteiger partial charge in [0.1, 0.15) is 0 Å². The fraction of sp³-hybridized carbons (Fsp3) is 0.611. The van der Waals surface area contributed by atoms with Crippen LogP contribution < -0.4 is 5.32 Å². The largest absolute Gasteiger partial charge is 0.323 e. The molecule has 1 saturated carbocycles. The Morgan fingerprint density at radius 2 is 2.00 bits per heavy atom. The van der Waals surface area contributed by atoms with Crippen LogP contribution in [-0.2, 0) is 11.2 Å². The standard InChI is InChI=1S/C18H26N2O/c1-13-19-15(12-14-8-5-4-6-9-14)17(21)20(13)16-10-7-11-18(16,2)3/h4-6,8-9,13,15-16,19H,7,10-12H2,1-3H3. The van der Waals surface area contributed by atoms with Crippen LogP contribution in [0.5, 0.6) is 0 Å². The van der Waals surface area contributed by atoms with E-state index < -0.39 is 0 Å². The number of nitrogens with one attached hydrogen (secondary N) is 1. The number of hydrogen-bond acceptors (Lipinski definition) is 2. The van der Waals surface area contributed by atoms with E-state index in [4.69, 9.17) is 0 Å². The quantitative estimate of drug-likeness (QED) is 0.926. The molecule has 1 aromatic carbocycles. The van der Waals surface area contributed by atoms with E-state index in [0.29, 0.717) is 6.04 Å². The first-order chi connectivity index (χ1) is 9.99. The van der Waals surface area contributed by atoms with Gasteiger partial charge in [-0.05, 0) is 37.2 Å². The molecular weight excluding hydrogens is 260 g/mol. The second kappa shape index (κ2) is 5.45. The van der Waals surface area contributed by atoms with Crippen molar-refractivity contribution in [1.82, 2.24) is 10.2 Å². The molecule has 2 aliphatic rings. The van der Waals surface area contributed by atoms with Gasteiger partial charge in [0.2, 0.25) is 5.91 Å². The first kappa shape index (κ1) is 14.6. The SMILES string of the molecule is CC1NC(Cc2ccccc2)C(=O)N1C1CCCC1(C)C. The third-order valence-electron chi connectivity index (χ3n) is 5.23. The average Bonchev–Trinajstić information content (AvgIpc) is 2.91. The molecule has 114 valence electrons. The molecular formula is C18H26N2O. The van der Waals surface area contributed by atoms with Crippen LogP contribution in [0.25, 0.3) is 0 Å². The highest BCUT2D eigenvalue weighted by atomic mass is 16.2. The van der Waals surface area contributed by atoms with Crippen LogP contribution >= 0.6 is 0 Å². The van der Waals surface area contributed by atoms with Crippen LogP contribution in [0, 0.1) is 5.41 Å². The van der Waals surface area contributed by atoms with Gasteiger partial charge in [-0.25, -0.2) is 0 Å². The Bertz CT molecular complexity index is 511. The zero-order valence-corrected chi connectivity index (χ0v) is 13.3. The molecule has 1 N–H and O–H groups in total. The molecule has 3 rings (SSSR count). The van der Waals surface area contributed by atoms with Gasteiger partial charge in [-0.3, -0.25) is 10.1 Å². The van der Waals surface area contributed by atoms with Crippen molar-refractivity contribution in [3.05, 3.63) is 35.9 Å². The van der Waals surface area contributed by atoms with Crippen molar-refractivity contribution in [2.75, 3.05) is 0 Å². The monoisotopic (exact) mass is 286 g/mol. The Morgan fingerprint density at radius 1 is 1.29 bits per heavy atom. The molecule has 0 spiro atoms. The minimum atomic E-state index is -0.0706. The Balaban J connectivity index is 1.75. The van der Waals surface area contributed by atoms with E-state index in [9.17, 15) is 4.79 Å². The van der Waals surface area contributed by atoms with Gasteiger partial charge in [-0.2, -0.15) is 0 Å². The maximum absolute atomic E-state index is 12.9. The predicted molar refractivity (Wildman–Crippen MR) is 84.8 cm³/mol. The van der Waals surface area contributed by atoms with E-state index >= 15 is 0 Å². The number of benzene rings is 1. The zero-order valence-electron chi connectivity index (χ0n) is 13.3. The van der Waals surface area contributed by atoms with Crippen LogP contribution in [0.15, 0.2) is 30.3 Å². The molecule has 1 aromatic rings. The Kier molecular flexibility index (Phi) is 3.78. The van der Waals surface area contributed by atoms with Gasteiger partial charge < -0.3 is 4.90 Å². The van der Waals surface area contributed by atoms with Crippen LogP contribution in [0.3, 0.4) is 0 Å². The van der Waals surface area contributed by atoms with Gasteiger partial charge in [-0.15, -0.1) is 0 Å². The predicted octanol–water partition coefficient (Wildman–Crippen LogP) is 2.95. The summed E-state index contributed by atoms with van der Waals surface area (Å²) in [7, 11) is 0. The normalized spacial score (nSPS) is 31.9. The molecule has 1 aliphatic heterocycles. The molecule has 0 radical (unpaired) electrons. The van der Waals surface area contributed by atoms with Crippen molar-refractivity contribution < 1.29 is 4.79 Å². The lowest BCUT2D eigenvalue weighted by Gasteiger charge is -2.37. The summed E-state index contributed by atoms with van der Waals surface area (Å²) in [6, 6.07) is 10.6. The van der Waals surface area contributed by atoms with Crippen molar-refractivity contribution in [2.24, 2.45) is 5.41 Å². The summed E-state index contributed by atoms with van der Waals surface area (Å²) in [6.45, 7) is 6.72. The summed E-state index contributed by atoms with van der Waals surface area (Å²) in [5, 5.41) is 3.49. The van der Waals surface area contributed by atoms with E-state index in [0.717, 1.165) is 12.8 Å². The Morgan fingerprint density at radius 3 is 2.62 bits per heavy atom. The number of rotatable bonds is 3. The van der Waals surface area contributed by atoms with E-state index in [1.807, 2.05) is 18.2 Å². The van der Waals surface area contributed by atoms with Crippen molar-refractivity contribution >= 4 is 5.91 Å². The Hall–Kier alpha value is -1.35. The number of hydrogen-bond donors (Lipinski definition) is 1. The highest BCUT2D eigenvalue weighted by molar-refractivity contribution is 5.85. The maximum atomic E-state index is 12.9. The molecule has 0 bridgehead atoms. The van der Waals surface area contributed by atoms with Crippen LogP contribution in [0.2, 0.25) is 0 Å². The summed E-state index contributed by atoms with van der Waals surface area (Å²) < 4.78 is 0. The molecule has 1 heterocycles. The molecule has 1 amide bonds. The van der Waals surface area contributed by atoms with Gasteiger partial charge in [0, 0.05) is 6.04 Å². The molecule has 2 fully saturated rings. The van der Waals surface area contributed by atoms with Crippen molar-refractivity contribution in [1.29, 1.82) is 0 Å². The fourth-order valence-corrected chi connectivity index (χ4v) is 4.06. The minimum absolute atomic E-state index is 0.0706. The molecule has 3 nitrogen and oxygen atoms in total. The van der Waals surface area contributed by atoms with E-state index in [-0.39, 0.29) is 23.5 Å². The molecule has 21 heavy (non-hydrogen) atoms. The summed E-state index contributed by atoms with van der Waals surface area (Å²) in [5.41, 5.74) is 1.47. The van der Waals surface area contributed by atoms with Gasteiger partial charge in [0.25, 0.3) is 0 Å². The zero-order chi connectivity index (χ0) is 15.0. The molecule has 3 unspecified atom stereocenters. The summed E-state index contributed by atoms with van der Waals surface area (Å²) >= 11 is 0.